The lowest BCUT2D eigenvalue weighted by Gasteiger charge is -2.32. The number of carbonyl (C=O) groups excluding carboxylic acids is 1. The van der Waals surface area contributed by atoms with Crippen LogP contribution in [0.25, 0.3) is 0 Å². The molecule has 3 aromatic carbocycles. The second kappa shape index (κ2) is 10.2. The standard InChI is InChI=1S/C26H21Cl3FN3O/c1-16-3-2-4-17(9-16)26(34)32-8-7-21(15-32)33(20-6-5-18(13-31)22(27)11-20)14-19-10-25(30)24(29)12-23(19)28/h2-6,9-12,21H,7-8,14-15H2,1H3/t21-/m0/s1. The molecule has 1 amide bonds. The van der Waals surface area contributed by atoms with Crippen LogP contribution in [0.4, 0.5) is 10.1 Å². The largest absolute Gasteiger partial charge is 0.362 e. The van der Waals surface area contributed by atoms with Gasteiger partial charge in [-0.1, -0.05) is 52.5 Å². The molecule has 1 heterocycles. The van der Waals surface area contributed by atoms with Crippen LogP contribution in [0.2, 0.25) is 15.1 Å². The van der Waals surface area contributed by atoms with E-state index in [1.165, 1.54) is 12.1 Å². The summed E-state index contributed by atoms with van der Waals surface area (Å²) in [6.07, 6.45) is 0.711. The van der Waals surface area contributed by atoms with Gasteiger partial charge in [0, 0.05) is 41.9 Å². The van der Waals surface area contributed by atoms with Gasteiger partial charge in [-0.25, -0.2) is 4.39 Å². The van der Waals surface area contributed by atoms with Crippen molar-refractivity contribution >= 4 is 46.4 Å². The van der Waals surface area contributed by atoms with E-state index in [4.69, 9.17) is 34.8 Å². The van der Waals surface area contributed by atoms with Crippen LogP contribution in [0.5, 0.6) is 0 Å². The minimum atomic E-state index is -0.554. The van der Waals surface area contributed by atoms with Crippen LogP contribution in [-0.4, -0.2) is 29.9 Å². The van der Waals surface area contributed by atoms with Gasteiger partial charge < -0.3 is 9.80 Å². The van der Waals surface area contributed by atoms with Gasteiger partial charge in [0.25, 0.3) is 5.91 Å². The molecule has 0 aromatic heterocycles. The molecule has 0 aliphatic carbocycles. The number of hydrogen-bond acceptors (Lipinski definition) is 3. The average Bonchev–Trinajstić information content (AvgIpc) is 3.30. The van der Waals surface area contributed by atoms with Crippen molar-refractivity contribution in [2.24, 2.45) is 0 Å². The summed E-state index contributed by atoms with van der Waals surface area (Å²) in [5, 5.41) is 9.88. The monoisotopic (exact) mass is 515 g/mol. The van der Waals surface area contributed by atoms with E-state index in [9.17, 15) is 14.4 Å². The molecule has 0 spiro atoms. The van der Waals surface area contributed by atoms with Crippen molar-refractivity contribution in [3.8, 4) is 6.07 Å². The highest BCUT2D eigenvalue weighted by Crippen LogP contribution is 2.32. The Hall–Kier alpha value is -2.78. The van der Waals surface area contributed by atoms with Crippen LogP contribution >= 0.6 is 34.8 Å². The first kappa shape index (κ1) is 24.3. The number of nitriles is 1. The fourth-order valence-electron chi connectivity index (χ4n) is 4.21. The van der Waals surface area contributed by atoms with Crippen molar-refractivity contribution < 1.29 is 9.18 Å². The number of amides is 1. The molecule has 0 saturated carbocycles. The van der Waals surface area contributed by atoms with Gasteiger partial charge in [0.1, 0.15) is 11.9 Å². The van der Waals surface area contributed by atoms with Gasteiger partial charge >= 0.3 is 0 Å². The summed E-state index contributed by atoms with van der Waals surface area (Å²) in [4.78, 5) is 17.0. The number of benzene rings is 3. The highest BCUT2D eigenvalue weighted by Gasteiger charge is 2.32. The molecule has 3 aromatic rings. The molecule has 174 valence electrons. The fraction of sp³-hybridized carbons (Fsp3) is 0.231. The Labute approximate surface area is 213 Å². The van der Waals surface area contributed by atoms with Crippen molar-refractivity contribution in [3.05, 3.63) is 97.7 Å². The molecule has 8 heteroatoms. The highest BCUT2D eigenvalue weighted by molar-refractivity contribution is 6.35. The molecule has 0 radical (unpaired) electrons. The molecule has 1 fully saturated rings. The van der Waals surface area contributed by atoms with Gasteiger partial charge in [0.15, 0.2) is 0 Å². The Morgan fingerprint density at radius 2 is 1.91 bits per heavy atom. The maximum Gasteiger partial charge on any atom is 0.253 e. The fourth-order valence-corrected chi connectivity index (χ4v) is 4.87. The Morgan fingerprint density at radius 3 is 2.62 bits per heavy atom. The molecule has 4 rings (SSSR count). The SMILES string of the molecule is Cc1cccc(C(=O)N2CC[C@H](N(Cc3cc(F)c(Cl)cc3Cl)c3ccc(C#N)c(Cl)c3)C2)c1. The maximum atomic E-state index is 14.2. The molecule has 1 atom stereocenters. The third-order valence-electron chi connectivity index (χ3n) is 5.99. The summed E-state index contributed by atoms with van der Waals surface area (Å²) in [5.41, 5.74) is 3.35. The van der Waals surface area contributed by atoms with E-state index < -0.39 is 5.82 Å². The Morgan fingerprint density at radius 1 is 1.12 bits per heavy atom. The van der Waals surface area contributed by atoms with E-state index in [-0.39, 0.29) is 23.5 Å². The van der Waals surface area contributed by atoms with E-state index in [1.54, 1.807) is 18.2 Å². The molecule has 1 aliphatic heterocycles. The zero-order valence-electron chi connectivity index (χ0n) is 18.4. The van der Waals surface area contributed by atoms with Crippen LogP contribution in [-0.2, 0) is 6.54 Å². The molecular weight excluding hydrogens is 496 g/mol. The summed E-state index contributed by atoms with van der Waals surface area (Å²) in [5.74, 6) is -0.582. The molecule has 1 saturated heterocycles. The number of likely N-dealkylation sites (tertiary alicyclic amines) is 1. The number of hydrogen-bond donors (Lipinski definition) is 0. The summed E-state index contributed by atoms with van der Waals surface area (Å²) in [6, 6.07) is 17.4. The minimum Gasteiger partial charge on any atom is -0.362 e. The number of carbonyl (C=O) groups is 1. The molecule has 0 bridgehead atoms. The van der Waals surface area contributed by atoms with Crippen LogP contribution in [0.3, 0.4) is 0 Å². The zero-order chi connectivity index (χ0) is 24.4. The normalized spacial score (nSPS) is 15.3. The summed E-state index contributed by atoms with van der Waals surface area (Å²) in [6.45, 7) is 3.31. The first-order valence-corrected chi connectivity index (χ1v) is 11.9. The molecule has 0 N–H and O–H groups in total. The van der Waals surface area contributed by atoms with Gasteiger partial charge in [-0.3, -0.25) is 4.79 Å². The Bertz CT molecular complexity index is 1290. The van der Waals surface area contributed by atoms with Crippen LogP contribution in [0.15, 0.2) is 54.6 Å². The summed E-state index contributed by atoms with van der Waals surface area (Å²) >= 11 is 18.6. The first-order chi connectivity index (χ1) is 16.3. The zero-order valence-corrected chi connectivity index (χ0v) is 20.6. The third kappa shape index (κ3) is 5.15. The van der Waals surface area contributed by atoms with Crippen LogP contribution in [0, 0.1) is 24.1 Å². The average molecular weight is 517 g/mol. The van der Waals surface area contributed by atoms with Crippen molar-refractivity contribution in [3.63, 3.8) is 0 Å². The lowest BCUT2D eigenvalue weighted by Crippen LogP contribution is -2.38. The summed E-state index contributed by atoms with van der Waals surface area (Å²) in [7, 11) is 0. The van der Waals surface area contributed by atoms with E-state index in [1.807, 2.05) is 41.0 Å². The van der Waals surface area contributed by atoms with E-state index in [0.717, 1.165) is 11.3 Å². The van der Waals surface area contributed by atoms with Crippen LogP contribution in [0.1, 0.15) is 33.5 Å². The first-order valence-electron chi connectivity index (χ1n) is 10.7. The molecule has 0 unspecified atom stereocenters. The number of nitrogens with zero attached hydrogens (tertiary/aromatic N) is 3. The van der Waals surface area contributed by atoms with Crippen molar-refractivity contribution in [1.29, 1.82) is 5.26 Å². The van der Waals surface area contributed by atoms with Crippen LogP contribution < -0.4 is 4.90 Å². The van der Waals surface area contributed by atoms with E-state index in [0.29, 0.717) is 46.2 Å². The molecule has 1 aliphatic rings. The van der Waals surface area contributed by atoms with Gasteiger partial charge in [-0.05, 0) is 61.4 Å². The lowest BCUT2D eigenvalue weighted by atomic mass is 10.1. The second-order valence-corrected chi connectivity index (χ2v) is 9.55. The molecule has 34 heavy (non-hydrogen) atoms. The molecule has 4 nitrogen and oxygen atoms in total. The maximum absolute atomic E-state index is 14.2. The van der Waals surface area contributed by atoms with E-state index in [2.05, 4.69) is 6.07 Å². The molecular formula is C26H21Cl3FN3O. The Kier molecular flexibility index (Phi) is 7.33. The van der Waals surface area contributed by atoms with E-state index >= 15 is 0 Å². The third-order valence-corrected chi connectivity index (χ3v) is 6.95. The van der Waals surface area contributed by atoms with Gasteiger partial charge in [0.05, 0.1) is 15.6 Å². The van der Waals surface area contributed by atoms with Gasteiger partial charge in [-0.15, -0.1) is 0 Å². The number of halogens is 4. The van der Waals surface area contributed by atoms with Crippen molar-refractivity contribution in [2.75, 3.05) is 18.0 Å². The lowest BCUT2D eigenvalue weighted by molar-refractivity contribution is 0.0790. The number of rotatable bonds is 5. The minimum absolute atomic E-state index is 0.0282. The van der Waals surface area contributed by atoms with Gasteiger partial charge in [-0.2, -0.15) is 5.26 Å². The topological polar surface area (TPSA) is 47.3 Å². The Balaban J connectivity index is 1.65. The van der Waals surface area contributed by atoms with Gasteiger partial charge in [0.2, 0.25) is 0 Å². The predicted molar refractivity (Wildman–Crippen MR) is 134 cm³/mol. The van der Waals surface area contributed by atoms with Crippen molar-refractivity contribution in [2.45, 2.75) is 25.9 Å². The number of anilines is 1. The highest BCUT2D eigenvalue weighted by atomic mass is 35.5. The predicted octanol–water partition coefficient (Wildman–Crippen LogP) is 6.89. The number of aryl methyl sites for hydroxylation is 1. The smallest absolute Gasteiger partial charge is 0.253 e. The quantitative estimate of drug-likeness (QED) is 0.347. The van der Waals surface area contributed by atoms with Crippen molar-refractivity contribution in [1.82, 2.24) is 4.90 Å². The second-order valence-electron chi connectivity index (χ2n) is 8.32. The summed E-state index contributed by atoms with van der Waals surface area (Å²) < 4.78 is 14.2.